The number of methoxy groups -OCH3 is 1. The summed E-state index contributed by atoms with van der Waals surface area (Å²) in [6, 6.07) is 4.81. The summed E-state index contributed by atoms with van der Waals surface area (Å²) in [5, 5.41) is 21.9. The first-order valence-electron chi connectivity index (χ1n) is 7.24. The number of nitrogens with zero attached hydrogens (tertiary/aromatic N) is 4. The minimum atomic E-state index is -0.0877. The van der Waals surface area contributed by atoms with E-state index in [1.54, 1.807) is 12.1 Å². The summed E-state index contributed by atoms with van der Waals surface area (Å²) in [6.45, 7) is 2.88. The van der Waals surface area contributed by atoms with Gasteiger partial charge in [-0.05, 0) is 37.6 Å². The molecule has 0 aliphatic carbocycles. The van der Waals surface area contributed by atoms with Gasteiger partial charge in [0.25, 0.3) is 0 Å². The SMILES string of the molecule is COc1ccc(C=Nn2c(CC(C)=O)nnc2CC(C)=O)cc1O. The van der Waals surface area contributed by atoms with Gasteiger partial charge in [0.1, 0.15) is 11.6 Å². The predicted molar refractivity (Wildman–Crippen MR) is 86.4 cm³/mol. The molecule has 0 unspecified atom stereocenters. The van der Waals surface area contributed by atoms with E-state index in [1.165, 1.54) is 37.9 Å². The van der Waals surface area contributed by atoms with Crippen LogP contribution in [-0.4, -0.2) is 44.9 Å². The fraction of sp³-hybridized carbons (Fsp3) is 0.312. The van der Waals surface area contributed by atoms with Crippen molar-refractivity contribution in [1.29, 1.82) is 0 Å². The van der Waals surface area contributed by atoms with Gasteiger partial charge in [-0.2, -0.15) is 5.10 Å². The van der Waals surface area contributed by atoms with Crippen LogP contribution in [0.4, 0.5) is 0 Å². The van der Waals surface area contributed by atoms with Gasteiger partial charge in [-0.15, -0.1) is 10.2 Å². The fourth-order valence-corrected chi connectivity index (χ4v) is 2.06. The lowest BCUT2D eigenvalue weighted by Crippen LogP contribution is -2.09. The predicted octanol–water partition coefficient (Wildman–Crippen LogP) is 1.14. The van der Waals surface area contributed by atoms with Gasteiger partial charge in [-0.3, -0.25) is 9.59 Å². The number of carbonyl (C=O) groups is 2. The number of ketones is 2. The molecule has 1 N–H and O–H groups in total. The van der Waals surface area contributed by atoms with E-state index in [-0.39, 0.29) is 30.2 Å². The number of Topliss-reactive ketones (excluding diaryl/α,β-unsaturated/α-hetero) is 2. The van der Waals surface area contributed by atoms with E-state index in [0.717, 1.165) is 0 Å². The molecule has 0 aliphatic heterocycles. The maximum atomic E-state index is 11.3. The third-order valence-electron chi connectivity index (χ3n) is 3.11. The Labute approximate surface area is 138 Å². The van der Waals surface area contributed by atoms with Crippen molar-refractivity contribution in [2.45, 2.75) is 26.7 Å². The normalized spacial score (nSPS) is 11.0. The topological polar surface area (TPSA) is 107 Å². The van der Waals surface area contributed by atoms with Gasteiger partial charge in [0.15, 0.2) is 23.1 Å². The van der Waals surface area contributed by atoms with Gasteiger partial charge in [0, 0.05) is 0 Å². The third kappa shape index (κ3) is 4.25. The number of carbonyl (C=O) groups excluding carboxylic acids is 2. The van der Waals surface area contributed by atoms with Crippen molar-refractivity contribution < 1.29 is 19.4 Å². The van der Waals surface area contributed by atoms with Crippen molar-refractivity contribution in [2.75, 3.05) is 7.11 Å². The summed E-state index contributed by atoms with van der Waals surface area (Å²) in [4.78, 5) is 22.7. The maximum Gasteiger partial charge on any atom is 0.161 e. The molecule has 2 rings (SSSR count). The van der Waals surface area contributed by atoms with Crippen molar-refractivity contribution in [3.8, 4) is 11.5 Å². The number of aromatic nitrogens is 3. The minimum absolute atomic E-state index is 0.0156. The number of rotatable bonds is 7. The van der Waals surface area contributed by atoms with Crippen LogP contribution in [0.25, 0.3) is 0 Å². The zero-order valence-electron chi connectivity index (χ0n) is 13.7. The first kappa shape index (κ1) is 17.3. The lowest BCUT2D eigenvalue weighted by Gasteiger charge is -2.04. The lowest BCUT2D eigenvalue weighted by atomic mass is 10.2. The molecule has 0 fully saturated rings. The highest BCUT2D eigenvalue weighted by Gasteiger charge is 2.14. The van der Waals surface area contributed by atoms with Crippen molar-refractivity contribution in [3.05, 3.63) is 35.4 Å². The first-order chi connectivity index (χ1) is 11.4. The van der Waals surface area contributed by atoms with Crippen LogP contribution in [0.1, 0.15) is 31.1 Å². The Bertz CT molecular complexity index is 762. The largest absolute Gasteiger partial charge is 0.504 e. The molecule has 0 bridgehead atoms. The van der Waals surface area contributed by atoms with Crippen LogP contribution < -0.4 is 4.74 Å². The van der Waals surface area contributed by atoms with E-state index >= 15 is 0 Å². The van der Waals surface area contributed by atoms with Crippen LogP contribution in [-0.2, 0) is 22.4 Å². The van der Waals surface area contributed by atoms with Gasteiger partial charge < -0.3 is 9.84 Å². The molecule has 1 aromatic heterocycles. The van der Waals surface area contributed by atoms with E-state index in [2.05, 4.69) is 15.3 Å². The molecule has 8 nitrogen and oxygen atoms in total. The monoisotopic (exact) mass is 330 g/mol. The van der Waals surface area contributed by atoms with E-state index in [0.29, 0.717) is 23.0 Å². The first-order valence-corrected chi connectivity index (χ1v) is 7.24. The van der Waals surface area contributed by atoms with Crippen LogP contribution in [0.2, 0.25) is 0 Å². The molecular formula is C16H18N4O4. The van der Waals surface area contributed by atoms with E-state index in [1.807, 2.05) is 0 Å². The summed E-state index contributed by atoms with van der Waals surface area (Å²) in [5.41, 5.74) is 0.615. The lowest BCUT2D eigenvalue weighted by molar-refractivity contribution is -0.117. The number of phenols is 1. The average Bonchev–Trinajstić information content (AvgIpc) is 2.85. The number of phenolic OH excluding ortho intramolecular Hbond substituents is 1. The highest BCUT2D eigenvalue weighted by molar-refractivity contribution is 5.81. The van der Waals surface area contributed by atoms with E-state index < -0.39 is 0 Å². The smallest absolute Gasteiger partial charge is 0.161 e. The van der Waals surface area contributed by atoms with Gasteiger partial charge in [-0.1, -0.05) is 0 Å². The Hall–Kier alpha value is -3.03. The van der Waals surface area contributed by atoms with Crippen molar-refractivity contribution in [1.82, 2.24) is 14.9 Å². The second-order valence-electron chi connectivity index (χ2n) is 5.28. The quantitative estimate of drug-likeness (QED) is 0.763. The van der Waals surface area contributed by atoms with Crippen LogP contribution in [0, 0.1) is 0 Å². The minimum Gasteiger partial charge on any atom is -0.504 e. The number of benzene rings is 1. The maximum absolute atomic E-state index is 11.3. The molecule has 0 amide bonds. The molecule has 1 aromatic carbocycles. The van der Waals surface area contributed by atoms with Gasteiger partial charge >= 0.3 is 0 Å². The van der Waals surface area contributed by atoms with Crippen LogP contribution >= 0.6 is 0 Å². The Balaban J connectivity index is 2.35. The Morgan fingerprint density at radius 1 is 1.21 bits per heavy atom. The summed E-state index contributed by atoms with van der Waals surface area (Å²) in [5.74, 6) is 0.871. The Morgan fingerprint density at radius 3 is 2.25 bits per heavy atom. The van der Waals surface area contributed by atoms with Crippen molar-refractivity contribution in [3.63, 3.8) is 0 Å². The molecular weight excluding hydrogens is 312 g/mol. The summed E-state index contributed by atoms with van der Waals surface area (Å²) in [6.07, 6.45) is 1.61. The molecule has 8 heteroatoms. The molecule has 0 aliphatic rings. The van der Waals surface area contributed by atoms with Crippen molar-refractivity contribution in [2.24, 2.45) is 5.10 Å². The van der Waals surface area contributed by atoms with Crippen LogP contribution in [0.3, 0.4) is 0 Å². The summed E-state index contributed by atoms with van der Waals surface area (Å²) < 4.78 is 6.36. The second kappa shape index (κ2) is 7.49. The molecule has 0 saturated heterocycles. The number of hydrogen-bond acceptors (Lipinski definition) is 7. The molecule has 1 heterocycles. The molecule has 0 saturated carbocycles. The number of ether oxygens (including phenoxy) is 1. The zero-order chi connectivity index (χ0) is 17.7. The fourth-order valence-electron chi connectivity index (χ4n) is 2.06. The van der Waals surface area contributed by atoms with Crippen molar-refractivity contribution >= 4 is 17.8 Å². The zero-order valence-corrected chi connectivity index (χ0v) is 13.7. The van der Waals surface area contributed by atoms with Crippen LogP contribution in [0.15, 0.2) is 23.3 Å². The summed E-state index contributed by atoms with van der Waals surface area (Å²) >= 11 is 0. The van der Waals surface area contributed by atoms with Gasteiger partial charge in [0.05, 0.1) is 26.2 Å². The Kier molecular flexibility index (Phi) is 5.41. The van der Waals surface area contributed by atoms with Crippen LogP contribution in [0.5, 0.6) is 11.5 Å². The number of hydrogen-bond donors (Lipinski definition) is 1. The second-order valence-corrected chi connectivity index (χ2v) is 5.28. The number of aromatic hydroxyl groups is 1. The highest BCUT2D eigenvalue weighted by Crippen LogP contribution is 2.25. The third-order valence-corrected chi connectivity index (χ3v) is 3.11. The highest BCUT2D eigenvalue weighted by atomic mass is 16.5. The standard InChI is InChI=1S/C16H18N4O4/c1-10(21)6-15-18-19-16(7-11(2)22)20(15)17-9-12-4-5-14(24-3)13(23)8-12/h4-5,8-9,23H,6-7H2,1-3H3. The van der Waals surface area contributed by atoms with E-state index in [9.17, 15) is 14.7 Å². The Morgan fingerprint density at radius 2 is 1.79 bits per heavy atom. The molecule has 0 radical (unpaired) electrons. The molecule has 0 atom stereocenters. The molecule has 126 valence electrons. The summed E-state index contributed by atoms with van der Waals surface area (Å²) in [7, 11) is 1.46. The van der Waals surface area contributed by atoms with Gasteiger partial charge in [-0.25, -0.2) is 4.68 Å². The average molecular weight is 330 g/mol. The molecule has 2 aromatic rings. The van der Waals surface area contributed by atoms with Gasteiger partial charge in [0.2, 0.25) is 0 Å². The van der Waals surface area contributed by atoms with E-state index in [4.69, 9.17) is 4.74 Å². The molecule has 24 heavy (non-hydrogen) atoms. The molecule has 0 spiro atoms.